The Labute approximate surface area is 209 Å². The van der Waals surface area contributed by atoms with Gasteiger partial charge in [-0.05, 0) is 47.5 Å². The van der Waals surface area contributed by atoms with Gasteiger partial charge in [-0.3, -0.25) is 14.5 Å². The molecular formula is C27H28N4O3S. The maximum atomic E-state index is 14.0. The fraction of sp³-hybridized carbons (Fsp3) is 0.296. The van der Waals surface area contributed by atoms with E-state index in [1.54, 1.807) is 0 Å². The zero-order chi connectivity index (χ0) is 24.6. The van der Waals surface area contributed by atoms with Crippen molar-refractivity contribution in [1.82, 2.24) is 20.0 Å². The van der Waals surface area contributed by atoms with Crippen molar-refractivity contribution in [3.63, 3.8) is 0 Å². The van der Waals surface area contributed by atoms with Gasteiger partial charge in [0.05, 0.1) is 11.5 Å². The molecule has 2 aromatic carbocycles. The number of carbonyl (C=O) groups is 3. The summed E-state index contributed by atoms with van der Waals surface area (Å²) in [6.07, 6.45) is 0. The first-order valence-corrected chi connectivity index (χ1v) is 12.6. The summed E-state index contributed by atoms with van der Waals surface area (Å²) in [5.74, 6) is -0.249. The molecule has 4 amide bonds. The van der Waals surface area contributed by atoms with Gasteiger partial charge in [0, 0.05) is 26.2 Å². The topological polar surface area (TPSA) is 73.0 Å². The molecule has 2 fully saturated rings. The van der Waals surface area contributed by atoms with Crippen LogP contribution in [0.1, 0.15) is 31.9 Å². The lowest BCUT2D eigenvalue weighted by atomic mass is 9.81. The summed E-state index contributed by atoms with van der Waals surface area (Å²) in [4.78, 5) is 45.8. The Hall–Kier alpha value is -3.49. The van der Waals surface area contributed by atoms with Crippen LogP contribution < -0.4 is 5.32 Å². The van der Waals surface area contributed by atoms with Crippen LogP contribution in [0, 0.1) is 13.8 Å². The number of carbonyl (C=O) groups excluding carboxylic acids is 3. The predicted molar refractivity (Wildman–Crippen MR) is 135 cm³/mol. The fourth-order valence-corrected chi connectivity index (χ4v) is 5.46. The van der Waals surface area contributed by atoms with Crippen molar-refractivity contribution in [2.24, 2.45) is 0 Å². The molecule has 0 aliphatic carbocycles. The van der Waals surface area contributed by atoms with Crippen molar-refractivity contribution in [2.75, 3.05) is 32.8 Å². The minimum atomic E-state index is -1.27. The van der Waals surface area contributed by atoms with Crippen molar-refractivity contribution in [3.05, 3.63) is 93.2 Å². The van der Waals surface area contributed by atoms with Crippen LogP contribution in [-0.4, -0.2) is 65.4 Å². The van der Waals surface area contributed by atoms with Crippen LogP contribution in [0.5, 0.6) is 0 Å². The van der Waals surface area contributed by atoms with E-state index in [0.29, 0.717) is 26.2 Å². The predicted octanol–water partition coefficient (Wildman–Crippen LogP) is 3.58. The highest BCUT2D eigenvalue weighted by atomic mass is 32.1. The van der Waals surface area contributed by atoms with Gasteiger partial charge in [-0.25, -0.2) is 9.69 Å². The van der Waals surface area contributed by atoms with Crippen molar-refractivity contribution in [2.45, 2.75) is 19.4 Å². The molecular weight excluding hydrogens is 460 g/mol. The molecule has 5 rings (SSSR count). The van der Waals surface area contributed by atoms with Crippen LogP contribution in [0.3, 0.4) is 0 Å². The van der Waals surface area contributed by atoms with Gasteiger partial charge < -0.3 is 10.2 Å². The number of imide groups is 1. The molecule has 1 atom stereocenters. The molecule has 1 aromatic heterocycles. The van der Waals surface area contributed by atoms with Crippen molar-refractivity contribution >= 4 is 29.2 Å². The number of nitrogens with one attached hydrogen (secondary N) is 1. The van der Waals surface area contributed by atoms with E-state index in [9.17, 15) is 14.4 Å². The number of amides is 4. The monoisotopic (exact) mass is 488 g/mol. The van der Waals surface area contributed by atoms with Gasteiger partial charge in [0.1, 0.15) is 0 Å². The molecule has 0 unspecified atom stereocenters. The molecule has 2 saturated heterocycles. The van der Waals surface area contributed by atoms with Crippen LogP contribution in [0.4, 0.5) is 4.79 Å². The Balaban J connectivity index is 1.37. The first-order chi connectivity index (χ1) is 16.9. The van der Waals surface area contributed by atoms with Crippen molar-refractivity contribution in [3.8, 4) is 0 Å². The van der Waals surface area contributed by atoms with Gasteiger partial charge >= 0.3 is 6.03 Å². The van der Waals surface area contributed by atoms with E-state index in [-0.39, 0.29) is 18.5 Å². The lowest BCUT2D eigenvalue weighted by molar-refractivity contribution is -0.132. The van der Waals surface area contributed by atoms with Crippen LogP contribution in [0.2, 0.25) is 0 Å². The second-order valence-electron chi connectivity index (χ2n) is 9.11. The average molecular weight is 489 g/mol. The molecule has 0 bridgehead atoms. The molecule has 7 nitrogen and oxygen atoms in total. The van der Waals surface area contributed by atoms with E-state index in [2.05, 4.69) is 10.2 Å². The Morgan fingerprint density at radius 1 is 0.914 bits per heavy atom. The molecule has 35 heavy (non-hydrogen) atoms. The van der Waals surface area contributed by atoms with Gasteiger partial charge in [-0.15, -0.1) is 11.3 Å². The number of hydrogen-bond acceptors (Lipinski definition) is 5. The first kappa shape index (κ1) is 23.3. The minimum Gasteiger partial charge on any atom is -0.335 e. The quantitative estimate of drug-likeness (QED) is 0.558. The van der Waals surface area contributed by atoms with Crippen LogP contribution in [-0.2, 0) is 10.3 Å². The highest BCUT2D eigenvalue weighted by molar-refractivity contribution is 7.12. The molecule has 0 spiro atoms. The third-order valence-electron chi connectivity index (χ3n) is 6.99. The number of nitrogens with zero attached hydrogens (tertiary/aromatic N) is 3. The highest BCUT2D eigenvalue weighted by Gasteiger charge is 2.54. The maximum Gasteiger partial charge on any atom is 0.326 e. The maximum absolute atomic E-state index is 14.0. The number of benzene rings is 2. The van der Waals surface area contributed by atoms with E-state index in [0.717, 1.165) is 27.1 Å². The first-order valence-electron chi connectivity index (χ1n) is 11.7. The lowest BCUT2D eigenvalue weighted by Crippen LogP contribution is -2.53. The highest BCUT2D eigenvalue weighted by Crippen LogP contribution is 2.37. The molecule has 2 aliphatic rings. The molecule has 1 N–H and O–H groups in total. The molecule has 3 aromatic rings. The zero-order valence-electron chi connectivity index (χ0n) is 19.9. The van der Waals surface area contributed by atoms with Gasteiger partial charge in [-0.2, -0.15) is 0 Å². The smallest absolute Gasteiger partial charge is 0.326 e. The Bertz CT molecular complexity index is 1250. The summed E-state index contributed by atoms with van der Waals surface area (Å²) in [6, 6.07) is 18.6. The third kappa shape index (κ3) is 4.13. The largest absolute Gasteiger partial charge is 0.335 e. The Kier molecular flexibility index (Phi) is 6.17. The van der Waals surface area contributed by atoms with Crippen LogP contribution >= 0.6 is 11.3 Å². The SMILES string of the molecule is Cc1ccc([C@@]2(c3ccccc3)NC(=O)N(CN3CCN(C(=O)c4cccs4)CC3)C2=O)cc1C. The van der Waals surface area contributed by atoms with E-state index >= 15 is 0 Å². The number of hydrogen-bond donors (Lipinski definition) is 1. The second kappa shape index (κ2) is 9.28. The average Bonchev–Trinajstić information content (AvgIpc) is 3.50. The number of piperazine rings is 1. The summed E-state index contributed by atoms with van der Waals surface area (Å²) in [5, 5.41) is 4.93. The summed E-state index contributed by atoms with van der Waals surface area (Å²) in [5.41, 5.74) is 2.40. The van der Waals surface area contributed by atoms with E-state index < -0.39 is 11.6 Å². The van der Waals surface area contributed by atoms with Crippen LogP contribution in [0.25, 0.3) is 0 Å². The summed E-state index contributed by atoms with van der Waals surface area (Å²) < 4.78 is 0. The Morgan fingerprint density at radius 2 is 1.66 bits per heavy atom. The Morgan fingerprint density at radius 3 is 2.31 bits per heavy atom. The van der Waals surface area contributed by atoms with E-state index in [1.165, 1.54) is 16.2 Å². The lowest BCUT2D eigenvalue weighted by Gasteiger charge is -2.36. The number of aryl methyl sites for hydroxylation is 2. The third-order valence-corrected chi connectivity index (χ3v) is 7.84. The normalized spacial score (nSPS) is 20.9. The number of thiophene rings is 1. The zero-order valence-corrected chi connectivity index (χ0v) is 20.7. The van der Waals surface area contributed by atoms with Gasteiger partial charge in [0.25, 0.3) is 11.8 Å². The summed E-state index contributed by atoms with van der Waals surface area (Å²) in [7, 11) is 0. The molecule has 3 heterocycles. The standard InChI is InChI=1S/C27H28N4O3S/c1-19-10-11-22(17-20(19)2)27(21-7-4-3-5-8-21)25(33)31(26(34)28-27)18-29-12-14-30(15-13-29)24(32)23-9-6-16-35-23/h3-11,16-17H,12-15,18H2,1-2H3,(H,28,34)/t27-/m1/s1. The van der Waals surface area contributed by atoms with Gasteiger partial charge in [0.15, 0.2) is 5.54 Å². The van der Waals surface area contributed by atoms with Crippen molar-refractivity contribution < 1.29 is 14.4 Å². The second-order valence-corrected chi connectivity index (χ2v) is 10.1. The van der Waals surface area contributed by atoms with E-state index in [4.69, 9.17) is 0 Å². The molecule has 0 radical (unpaired) electrons. The van der Waals surface area contributed by atoms with Crippen LogP contribution in [0.15, 0.2) is 66.0 Å². The molecule has 8 heteroatoms. The van der Waals surface area contributed by atoms with Gasteiger partial charge in [-0.1, -0.05) is 54.6 Å². The number of urea groups is 1. The molecule has 0 saturated carbocycles. The van der Waals surface area contributed by atoms with Crippen molar-refractivity contribution in [1.29, 1.82) is 0 Å². The fourth-order valence-electron chi connectivity index (χ4n) is 4.77. The summed E-state index contributed by atoms with van der Waals surface area (Å²) >= 11 is 1.44. The van der Waals surface area contributed by atoms with E-state index in [1.807, 2.05) is 84.8 Å². The number of rotatable bonds is 5. The molecule has 180 valence electrons. The van der Waals surface area contributed by atoms with Gasteiger partial charge in [0.2, 0.25) is 0 Å². The minimum absolute atomic E-state index is 0.0347. The molecule has 2 aliphatic heterocycles. The summed E-state index contributed by atoms with van der Waals surface area (Å²) in [6.45, 7) is 6.52.